The highest BCUT2D eigenvalue weighted by Crippen LogP contribution is 2.16. The fourth-order valence-corrected chi connectivity index (χ4v) is 2.70. The Balaban J connectivity index is 1.98. The number of amides is 1. The van der Waals surface area contributed by atoms with Crippen molar-refractivity contribution in [2.24, 2.45) is 0 Å². The smallest absolute Gasteiger partial charge is 0.272 e. The first-order valence-corrected chi connectivity index (χ1v) is 7.86. The molecule has 0 unspecified atom stereocenters. The summed E-state index contributed by atoms with van der Waals surface area (Å²) in [7, 11) is 0. The summed E-state index contributed by atoms with van der Waals surface area (Å²) in [6.45, 7) is 4.09. The van der Waals surface area contributed by atoms with E-state index < -0.39 is 0 Å². The highest BCUT2D eigenvalue weighted by Gasteiger charge is 2.11. The number of nitrogens with zero attached hydrogens (tertiary/aromatic N) is 3. The second kappa shape index (κ2) is 6.57. The molecule has 6 nitrogen and oxygen atoms in total. The number of fused-ring (bicyclic) bond motifs is 1. The SMILES string of the molecule is CCn1c(=O)c(C)nc2cc(C(=O)Nc3cccc(C#N)c3)ccc21. The summed E-state index contributed by atoms with van der Waals surface area (Å²) in [5, 5.41) is 11.7. The van der Waals surface area contributed by atoms with Gasteiger partial charge < -0.3 is 9.88 Å². The fraction of sp³-hybridized carbons (Fsp3) is 0.158. The second-order valence-electron chi connectivity index (χ2n) is 5.60. The summed E-state index contributed by atoms with van der Waals surface area (Å²) in [5.74, 6) is -0.300. The molecule has 0 atom stereocenters. The van der Waals surface area contributed by atoms with Crippen LogP contribution in [-0.4, -0.2) is 15.5 Å². The molecule has 0 aliphatic rings. The Kier molecular flexibility index (Phi) is 4.31. The third-order valence-corrected chi connectivity index (χ3v) is 3.94. The minimum Gasteiger partial charge on any atom is -0.322 e. The van der Waals surface area contributed by atoms with Crippen molar-refractivity contribution >= 4 is 22.6 Å². The van der Waals surface area contributed by atoms with Gasteiger partial charge in [-0.05, 0) is 50.2 Å². The van der Waals surface area contributed by atoms with Gasteiger partial charge in [0, 0.05) is 17.8 Å². The Morgan fingerprint density at radius 1 is 1.28 bits per heavy atom. The summed E-state index contributed by atoms with van der Waals surface area (Å²) in [6, 6.07) is 13.8. The molecule has 1 aromatic heterocycles. The van der Waals surface area contributed by atoms with E-state index in [1.807, 2.05) is 13.0 Å². The summed E-state index contributed by atoms with van der Waals surface area (Å²) >= 11 is 0. The van der Waals surface area contributed by atoms with E-state index in [9.17, 15) is 9.59 Å². The van der Waals surface area contributed by atoms with E-state index in [4.69, 9.17) is 5.26 Å². The molecule has 0 saturated heterocycles. The van der Waals surface area contributed by atoms with Gasteiger partial charge in [0.05, 0.1) is 22.7 Å². The predicted molar refractivity (Wildman–Crippen MR) is 95.5 cm³/mol. The molecule has 3 rings (SSSR count). The van der Waals surface area contributed by atoms with Crippen molar-refractivity contribution in [2.75, 3.05) is 5.32 Å². The fourth-order valence-electron chi connectivity index (χ4n) is 2.70. The lowest BCUT2D eigenvalue weighted by atomic mass is 10.1. The van der Waals surface area contributed by atoms with Crippen molar-refractivity contribution in [3.8, 4) is 6.07 Å². The topological polar surface area (TPSA) is 87.8 Å². The first-order chi connectivity index (χ1) is 12.0. The number of hydrogen-bond donors (Lipinski definition) is 1. The third kappa shape index (κ3) is 3.12. The van der Waals surface area contributed by atoms with Gasteiger partial charge in [-0.1, -0.05) is 6.07 Å². The normalized spacial score (nSPS) is 10.4. The van der Waals surface area contributed by atoms with Crippen molar-refractivity contribution in [2.45, 2.75) is 20.4 Å². The van der Waals surface area contributed by atoms with Crippen LogP contribution >= 0.6 is 0 Å². The van der Waals surface area contributed by atoms with E-state index in [-0.39, 0.29) is 11.5 Å². The molecule has 0 saturated carbocycles. The van der Waals surface area contributed by atoms with Crippen molar-refractivity contribution in [1.29, 1.82) is 5.26 Å². The van der Waals surface area contributed by atoms with E-state index in [2.05, 4.69) is 10.3 Å². The largest absolute Gasteiger partial charge is 0.322 e. The van der Waals surface area contributed by atoms with Gasteiger partial charge >= 0.3 is 0 Å². The van der Waals surface area contributed by atoms with Crippen molar-refractivity contribution in [1.82, 2.24) is 9.55 Å². The van der Waals surface area contributed by atoms with E-state index in [1.54, 1.807) is 54.0 Å². The number of nitriles is 1. The Morgan fingerprint density at radius 3 is 2.80 bits per heavy atom. The van der Waals surface area contributed by atoms with Crippen molar-refractivity contribution in [3.05, 3.63) is 69.6 Å². The highest BCUT2D eigenvalue weighted by molar-refractivity contribution is 6.06. The molecule has 6 heteroatoms. The van der Waals surface area contributed by atoms with E-state index in [0.29, 0.717) is 40.1 Å². The molecular weight excluding hydrogens is 316 g/mol. The summed E-state index contributed by atoms with van der Waals surface area (Å²) < 4.78 is 1.63. The van der Waals surface area contributed by atoms with Crippen LogP contribution in [-0.2, 0) is 6.54 Å². The van der Waals surface area contributed by atoms with Gasteiger partial charge in [-0.15, -0.1) is 0 Å². The zero-order valence-electron chi connectivity index (χ0n) is 13.9. The maximum atomic E-state index is 12.5. The van der Waals surface area contributed by atoms with Gasteiger partial charge in [0.1, 0.15) is 5.69 Å². The summed E-state index contributed by atoms with van der Waals surface area (Å²) in [4.78, 5) is 28.9. The monoisotopic (exact) mass is 332 g/mol. The Bertz CT molecular complexity index is 1080. The average Bonchev–Trinajstić information content (AvgIpc) is 2.62. The van der Waals surface area contributed by atoms with Crippen LogP contribution in [0.1, 0.15) is 28.5 Å². The predicted octanol–water partition coefficient (Wildman–Crippen LogP) is 2.85. The van der Waals surface area contributed by atoms with Crippen LogP contribution in [0, 0.1) is 18.3 Å². The third-order valence-electron chi connectivity index (χ3n) is 3.94. The zero-order chi connectivity index (χ0) is 18.0. The molecular formula is C19H16N4O2. The van der Waals surface area contributed by atoms with Crippen LogP contribution in [0.3, 0.4) is 0 Å². The Morgan fingerprint density at radius 2 is 2.08 bits per heavy atom. The highest BCUT2D eigenvalue weighted by atomic mass is 16.1. The van der Waals surface area contributed by atoms with Crippen LogP contribution in [0.15, 0.2) is 47.3 Å². The molecule has 2 aromatic carbocycles. The molecule has 0 spiro atoms. The number of aryl methyl sites for hydroxylation is 2. The summed E-state index contributed by atoms with van der Waals surface area (Å²) in [5.41, 5.74) is 3.02. The minimum atomic E-state index is -0.300. The molecule has 3 aromatic rings. The average molecular weight is 332 g/mol. The van der Waals surface area contributed by atoms with Crippen LogP contribution < -0.4 is 10.9 Å². The molecule has 0 bridgehead atoms. The van der Waals surface area contributed by atoms with Crippen LogP contribution in [0.25, 0.3) is 11.0 Å². The van der Waals surface area contributed by atoms with E-state index in [0.717, 1.165) is 0 Å². The Labute approximate surface area is 144 Å². The standard InChI is InChI=1S/C19H16N4O2/c1-3-23-17-8-7-14(10-16(17)21-12(2)19(23)25)18(24)22-15-6-4-5-13(9-15)11-20/h4-10H,3H2,1-2H3,(H,22,24). The molecule has 0 aliphatic heterocycles. The van der Waals surface area contributed by atoms with Gasteiger partial charge in [-0.2, -0.15) is 5.26 Å². The number of carbonyl (C=O) groups excluding carboxylic acids is 1. The number of nitrogens with one attached hydrogen (secondary N) is 1. The maximum Gasteiger partial charge on any atom is 0.272 e. The van der Waals surface area contributed by atoms with Gasteiger partial charge in [-0.3, -0.25) is 9.59 Å². The van der Waals surface area contributed by atoms with E-state index >= 15 is 0 Å². The van der Waals surface area contributed by atoms with Crippen LogP contribution in [0.2, 0.25) is 0 Å². The van der Waals surface area contributed by atoms with Gasteiger partial charge in [0.15, 0.2) is 0 Å². The minimum absolute atomic E-state index is 0.125. The maximum absolute atomic E-state index is 12.5. The van der Waals surface area contributed by atoms with Crippen molar-refractivity contribution in [3.63, 3.8) is 0 Å². The lowest BCUT2D eigenvalue weighted by Gasteiger charge is -2.10. The van der Waals surface area contributed by atoms with Crippen LogP contribution in [0.5, 0.6) is 0 Å². The number of anilines is 1. The quantitative estimate of drug-likeness (QED) is 0.799. The molecule has 25 heavy (non-hydrogen) atoms. The van der Waals surface area contributed by atoms with Gasteiger partial charge in [-0.25, -0.2) is 4.98 Å². The number of aromatic nitrogens is 2. The first-order valence-electron chi connectivity index (χ1n) is 7.86. The first kappa shape index (κ1) is 16.4. The molecule has 1 N–H and O–H groups in total. The molecule has 1 heterocycles. The molecule has 0 radical (unpaired) electrons. The lowest BCUT2D eigenvalue weighted by molar-refractivity contribution is 0.102. The molecule has 0 aliphatic carbocycles. The van der Waals surface area contributed by atoms with Gasteiger partial charge in [0.25, 0.3) is 11.5 Å². The lowest BCUT2D eigenvalue weighted by Crippen LogP contribution is -2.23. The number of carbonyl (C=O) groups is 1. The second-order valence-corrected chi connectivity index (χ2v) is 5.60. The molecule has 124 valence electrons. The van der Waals surface area contributed by atoms with Gasteiger partial charge in [0.2, 0.25) is 0 Å². The number of rotatable bonds is 3. The van der Waals surface area contributed by atoms with Crippen molar-refractivity contribution < 1.29 is 4.79 Å². The summed E-state index contributed by atoms with van der Waals surface area (Å²) in [6.07, 6.45) is 0. The Hall–Kier alpha value is -3.46. The van der Waals surface area contributed by atoms with E-state index in [1.165, 1.54) is 0 Å². The van der Waals surface area contributed by atoms with Crippen LogP contribution in [0.4, 0.5) is 5.69 Å². The number of hydrogen-bond acceptors (Lipinski definition) is 4. The molecule has 0 fully saturated rings. The molecule has 1 amide bonds. The zero-order valence-corrected chi connectivity index (χ0v) is 13.9. The number of benzene rings is 2.